The Morgan fingerprint density at radius 3 is 2.78 bits per heavy atom. The number of halogens is 3. The van der Waals surface area contributed by atoms with Gasteiger partial charge in [-0.2, -0.15) is 13.2 Å². The first kappa shape index (κ1) is 12.0. The van der Waals surface area contributed by atoms with Crippen molar-refractivity contribution in [3.63, 3.8) is 0 Å². The van der Waals surface area contributed by atoms with Crippen molar-refractivity contribution in [1.29, 1.82) is 0 Å². The second-order valence-electron chi connectivity index (χ2n) is 5.09. The zero-order valence-corrected chi connectivity index (χ0v) is 9.89. The molecule has 100 valence electrons. The lowest BCUT2D eigenvalue weighted by Gasteiger charge is -2.23. The summed E-state index contributed by atoms with van der Waals surface area (Å²) in [6, 6.07) is 0. The number of alkyl halides is 3. The van der Waals surface area contributed by atoms with Gasteiger partial charge in [0.15, 0.2) is 0 Å². The van der Waals surface area contributed by atoms with Crippen molar-refractivity contribution in [3.05, 3.63) is 17.2 Å². The van der Waals surface area contributed by atoms with Crippen LogP contribution in [-0.4, -0.2) is 29.4 Å². The third-order valence-electron chi connectivity index (χ3n) is 3.84. The zero-order chi connectivity index (χ0) is 12.8. The summed E-state index contributed by atoms with van der Waals surface area (Å²) in [6.07, 6.45) is -2.58. The first-order valence-electron chi connectivity index (χ1n) is 6.26. The van der Waals surface area contributed by atoms with Crippen LogP contribution in [0.1, 0.15) is 36.0 Å². The molecule has 2 unspecified atom stereocenters. The quantitative estimate of drug-likeness (QED) is 0.842. The summed E-state index contributed by atoms with van der Waals surface area (Å²) in [5.41, 5.74) is 1.49. The normalized spacial score (nSPS) is 28.4. The average Bonchev–Trinajstić information content (AvgIpc) is 2.95. The van der Waals surface area contributed by atoms with E-state index < -0.39 is 12.1 Å². The molecule has 0 radical (unpaired) electrons. The topological polar surface area (TPSA) is 37.9 Å². The van der Waals surface area contributed by atoms with Crippen LogP contribution in [0.2, 0.25) is 0 Å². The van der Waals surface area contributed by atoms with Gasteiger partial charge in [-0.15, -0.1) is 0 Å². The summed E-state index contributed by atoms with van der Waals surface area (Å²) in [5, 5.41) is 0. The van der Waals surface area contributed by atoms with E-state index in [4.69, 9.17) is 4.74 Å². The van der Waals surface area contributed by atoms with Crippen LogP contribution >= 0.6 is 0 Å². The third kappa shape index (κ3) is 2.13. The molecule has 1 saturated heterocycles. The van der Waals surface area contributed by atoms with E-state index in [9.17, 15) is 13.2 Å². The maximum Gasteiger partial charge on any atom is 0.392 e. The Bertz CT molecular complexity index is 435. The van der Waals surface area contributed by atoms with Gasteiger partial charge in [0.05, 0.1) is 18.2 Å². The molecule has 1 fully saturated rings. The summed E-state index contributed by atoms with van der Waals surface area (Å²) in [4.78, 5) is 7.53. The number of aromatic amines is 1. The van der Waals surface area contributed by atoms with E-state index in [-0.39, 0.29) is 18.8 Å². The molecule has 6 heteroatoms. The Balaban J connectivity index is 1.79. The summed E-state index contributed by atoms with van der Waals surface area (Å²) < 4.78 is 43.3. The standard InChI is InChI=1S/C12H15F3N2O/c13-12(14,15)8-1-2-9-10(5-8)17-11(16-9)7-3-4-18-6-7/h7-8H,1-6H2,(H,16,17). The van der Waals surface area contributed by atoms with E-state index >= 15 is 0 Å². The molecular formula is C12H15F3N2O. The van der Waals surface area contributed by atoms with Crippen LogP contribution in [0.4, 0.5) is 13.2 Å². The highest BCUT2D eigenvalue weighted by Gasteiger charge is 2.42. The van der Waals surface area contributed by atoms with Crippen molar-refractivity contribution in [1.82, 2.24) is 9.97 Å². The smallest absolute Gasteiger partial charge is 0.381 e. The van der Waals surface area contributed by atoms with E-state index in [2.05, 4.69) is 9.97 Å². The summed E-state index contributed by atoms with van der Waals surface area (Å²) >= 11 is 0. The van der Waals surface area contributed by atoms with Crippen molar-refractivity contribution >= 4 is 0 Å². The van der Waals surface area contributed by atoms with Crippen LogP contribution in [0.3, 0.4) is 0 Å². The van der Waals surface area contributed by atoms with E-state index in [0.29, 0.717) is 25.3 Å². The van der Waals surface area contributed by atoms with Gasteiger partial charge in [0.2, 0.25) is 0 Å². The van der Waals surface area contributed by atoms with Crippen LogP contribution in [-0.2, 0) is 17.6 Å². The molecule has 0 aromatic carbocycles. The molecule has 0 amide bonds. The number of H-pyrrole nitrogens is 1. The highest BCUT2D eigenvalue weighted by atomic mass is 19.4. The van der Waals surface area contributed by atoms with Crippen molar-refractivity contribution in [2.45, 2.75) is 37.8 Å². The SMILES string of the molecule is FC(F)(F)C1CCc2nc(C3CCOC3)[nH]c2C1. The van der Waals surface area contributed by atoms with Gasteiger partial charge in [-0.1, -0.05) is 0 Å². The number of hydrogen-bond donors (Lipinski definition) is 1. The van der Waals surface area contributed by atoms with Gasteiger partial charge in [0.25, 0.3) is 0 Å². The molecule has 1 aromatic rings. The lowest BCUT2D eigenvalue weighted by atomic mass is 9.89. The largest absolute Gasteiger partial charge is 0.392 e. The lowest BCUT2D eigenvalue weighted by Crippen LogP contribution is -2.28. The number of fused-ring (bicyclic) bond motifs is 1. The van der Waals surface area contributed by atoms with Crippen molar-refractivity contribution in [3.8, 4) is 0 Å². The van der Waals surface area contributed by atoms with Gasteiger partial charge in [-0.3, -0.25) is 0 Å². The Hall–Kier alpha value is -1.04. The second kappa shape index (κ2) is 4.26. The molecule has 3 rings (SSSR count). The predicted octanol–water partition coefficient (Wildman–Crippen LogP) is 2.58. The zero-order valence-electron chi connectivity index (χ0n) is 9.89. The van der Waals surface area contributed by atoms with Crippen LogP contribution in [0.5, 0.6) is 0 Å². The molecule has 1 aliphatic heterocycles. The van der Waals surface area contributed by atoms with Gasteiger partial charge >= 0.3 is 6.18 Å². The number of nitrogens with zero attached hydrogens (tertiary/aromatic N) is 1. The molecule has 1 aromatic heterocycles. The van der Waals surface area contributed by atoms with Crippen molar-refractivity contribution < 1.29 is 17.9 Å². The monoisotopic (exact) mass is 260 g/mol. The number of aryl methyl sites for hydroxylation is 1. The molecule has 18 heavy (non-hydrogen) atoms. The Labute approximate surface area is 103 Å². The first-order valence-corrected chi connectivity index (χ1v) is 6.26. The molecular weight excluding hydrogens is 245 g/mol. The molecule has 3 nitrogen and oxygen atoms in total. The van der Waals surface area contributed by atoms with Crippen molar-refractivity contribution in [2.24, 2.45) is 5.92 Å². The highest BCUT2D eigenvalue weighted by molar-refractivity contribution is 5.21. The fourth-order valence-electron chi connectivity index (χ4n) is 2.73. The molecule has 0 saturated carbocycles. The van der Waals surface area contributed by atoms with Gasteiger partial charge < -0.3 is 9.72 Å². The minimum Gasteiger partial charge on any atom is -0.381 e. The number of aromatic nitrogens is 2. The van der Waals surface area contributed by atoms with Crippen molar-refractivity contribution in [2.75, 3.05) is 13.2 Å². The van der Waals surface area contributed by atoms with Crippen LogP contribution in [0.15, 0.2) is 0 Å². The fourth-order valence-corrected chi connectivity index (χ4v) is 2.73. The average molecular weight is 260 g/mol. The van der Waals surface area contributed by atoms with E-state index in [1.54, 1.807) is 0 Å². The summed E-state index contributed by atoms with van der Waals surface area (Å²) in [7, 11) is 0. The van der Waals surface area contributed by atoms with E-state index in [1.165, 1.54) is 0 Å². The highest BCUT2D eigenvalue weighted by Crippen LogP contribution is 2.37. The maximum absolute atomic E-state index is 12.7. The lowest BCUT2D eigenvalue weighted by molar-refractivity contribution is -0.177. The molecule has 1 aliphatic carbocycles. The third-order valence-corrected chi connectivity index (χ3v) is 3.84. The fraction of sp³-hybridized carbons (Fsp3) is 0.750. The Morgan fingerprint density at radius 1 is 1.28 bits per heavy atom. The predicted molar refractivity (Wildman–Crippen MR) is 58.3 cm³/mol. The number of rotatable bonds is 1. The number of imidazole rings is 1. The Morgan fingerprint density at radius 2 is 2.11 bits per heavy atom. The molecule has 2 heterocycles. The summed E-state index contributed by atoms with van der Waals surface area (Å²) in [6.45, 7) is 1.33. The number of ether oxygens (including phenoxy) is 1. The molecule has 0 spiro atoms. The van der Waals surface area contributed by atoms with Gasteiger partial charge in [-0.05, 0) is 19.3 Å². The number of nitrogens with one attached hydrogen (secondary N) is 1. The van der Waals surface area contributed by atoms with Crippen LogP contribution in [0, 0.1) is 5.92 Å². The second-order valence-corrected chi connectivity index (χ2v) is 5.09. The molecule has 0 bridgehead atoms. The minimum atomic E-state index is -4.10. The molecule has 2 aliphatic rings. The molecule has 2 atom stereocenters. The van der Waals surface area contributed by atoms with Crippen LogP contribution in [0.25, 0.3) is 0 Å². The van der Waals surface area contributed by atoms with Crippen LogP contribution < -0.4 is 0 Å². The summed E-state index contributed by atoms with van der Waals surface area (Å²) in [5.74, 6) is -0.196. The Kier molecular flexibility index (Phi) is 2.84. The minimum absolute atomic E-state index is 0.0411. The number of hydrogen-bond acceptors (Lipinski definition) is 2. The first-order chi connectivity index (χ1) is 8.54. The van der Waals surface area contributed by atoms with Gasteiger partial charge in [0, 0.05) is 24.6 Å². The molecule has 1 N–H and O–H groups in total. The maximum atomic E-state index is 12.7. The van der Waals surface area contributed by atoms with Gasteiger partial charge in [0.1, 0.15) is 5.82 Å². The van der Waals surface area contributed by atoms with E-state index in [1.807, 2.05) is 0 Å². The van der Waals surface area contributed by atoms with Gasteiger partial charge in [-0.25, -0.2) is 4.98 Å². The van der Waals surface area contributed by atoms with E-state index in [0.717, 1.165) is 17.9 Å².